The Balaban J connectivity index is 1.27. The summed E-state index contributed by atoms with van der Waals surface area (Å²) in [5.41, 5.74) is 3.37. The van der Waals surface area contributed by atoms with Crippen molar-refractivity contribution in [3.63, 3.8) is 0 Å². The minimum atomic E-state index is -0.557. The first kappa shape index (κ1) is 21.7. The Morgan fingerprint density at radius 3 is 2.55 bits per heavy atom. The predicted molar refractivity (Wildman–Crippen MR) is 126 cm³/mol. The van der Waals surface area contributed by atoms with Gasteiger partial charge in [0.15, 0.2) is 0 Å². The van der Waals surface area contributed by atoms with Crippen LogP contribution in [0.15, 0.2) is 47.4 Å². The zero-order valence-electron chi connectivity index (χ0n) is 18.1. The molecule has 2 fully saturated rings. The summed E-state index contributed by atoms with van der Waals surface area (Å²) in [6, 6.07) is 12.9. The molecule has 0 N–H and O–H groups in total. The Morgan fingerprint density at radius 2 is 1.79 bits per heavy atom. The van der Waals surface area contributed by atoms with Gasteiger partial charge in [0.05, 0.1) is 4.91 Å². The highest BCUT2D eigenvalue weighted by Gasteiger charge is 2.37. The van der Waals surface area contributed by atoms with Crippen molar-refractivity contribution < 1.29 is 18.8 Å². The number of hydrogen-bond donors (Lipinski definition) is 0. The average molecular weight is 466 g/mol. The van der Waals surface area contributed by atoms with Crippen LogP contribution in [0, 0.1) is 5.82 Å². The van der Waals surface area contributed by atoms with E-state index in [0.29, 0.717) is 13.1 Å². The molecule has 8 heteroatoms. The molecule has 0 aromatic heterocycles. The Hall–Kier alpha value is -3.13. The molecule has 0 radical (unpaired) electrons. The van der Waals surface area contributed by atoms with E-state index in [1.54, 1.807) is 11.0 Å². The monoisotopic (exact) mass is 465 g/mol. The number of fused-ring (bicyclic) bond motifs is 1. The first-order valence-electron chi connectivity index (χ1n) is 11.1. The molecule has 170 valence electrons. The number of amides is 3. The van der Waals surface area contributed by atoms with Crippen LogP contribution in [-0.2, 0) is 22.6 Å². The third-order valence-electron chi connectivity index (χ3n) is 6.39. The van der Waals surface area contributed by atoms with Crippen molar-refractivity contribution in [3.05, 3.63) is 69.9 Å². The van der Waals surface area contributed by atoms with Gasteiger partial charge in [-0.25, -0.2) is 4.39 Å². The van der Waals surface area contributed by atoms with Gasteiger partial charge in [-0.2, -0.15) is 0 Å². The minimum Gasteiger partial charge on any atom is -0.371 e. The van der Waals surface area contributed by atoms with E-state index < -0.39 is 17.0 Å². The largest absolute Gasteiger partial charge is 0.371 e. The van der Waals surface area contributed by atoms with Crippen molar-refractivity contribution in [1.29, 1.82) is 0 Å². The molecule has 3 amide bonds. The summed E-state index contributed by atoms with van der Waals surface area (Å²) in [6.45, 7) is 2.54. The van der Waals surface area contributed by atoms with Gasteiger partial charge < -0.3 is 9.80 Å². The summed E-state index contributed by atoms with van der Waals surface area (Å²) in [6.07, 6.45) is 4.34. The maximum absolute atomic E-state index is 14.7. The number of thioether (sulfide) groups is 1. The first-order chi connectivity index (χ1) is 16.0. The molecule has 0 bridgehead atoms. The molecular weight excluding hydrogens is 441 g/mol. The van der Waals surface area contributed by atoms with E-state index in [1.165, 1.54) is 17.7 Å². The fourth-order valence-corrected chi connectivity index (χ4v) is 5.36. The van der Waals surface area contributed by atoms with Crippen LogP contribution in [-0.4, -0.2) is 53.0 Å². The molecule has 0 aliphatic carbocycles. The summed E-state index contributed by atoms with van der Waals surface area (Å²) in [7, 11) is 0. The quantitative estimate of drug-likeness (QED) is 0.638. The Bertz CT molecular complexity index is 1160. The lowest BCUT2D eigenvalue weighted by Crippen LogP contribution is -2.44. The Labute approximate surface area is 196 Å². The van der Waals surface area contributed by atoms with Crippen LogP contribution in [0.1, 0.15) is 29.5 Å². The molecule has 5 rings (SSSR count). The molecule has 6 nitrogen and oxygen atoms in total. The normalized spacial score (nSPS) is 19.5. The molecule has 0 atom stereocenters. The van der Waals surface area contributed by atoms with E-state index in [-0.39, 0.29) is 22.9 Å². The van der Waals surface area contributed by atoms with Crippen molar-refractivity contribution in [2.45, 2.75) is 25.8 Å². The maximum atomic E-state index is 14.7. The van der Waals surface area contributed by atoms with E-state index in [4.69, 9.17) is 0 Å². The highest BCUT2D eigenvalue weighted by Crippen LogP contribution is 2.33. The van der Waals surface area contributed by atoms with Gasteiger partial charge in [0.1, 0.15) is 12.4 Å². The van der Waals surface area contributed by atoms with Gasteiger partial charge in [-0.05, 0) is 66.4 Å². The maximum Gasteiger partial charge on any atom is 0.294 e. The van der Waals surface area contributed by atoms with E-state index >= 15 is 0 Å². The molecular formula is C25H24FN3O3S. The number of halogens is 1. The molecule has 2 saturated heterocycles. The number of imide groups is 1. The zero-order chi connectivity index (χ0) is 22.9. The number of benzene rings is 2. The van der Waals surface area contributed by atoms with E-state index in [0.717, 1.165) is 60.3 Å². The summed E-state index contributed by atoms with van der Waals surface area (Å²) in [5.74, 6) is -1.26. The van der Waals surface area contributed by atoms with Crippen molar-refractivity contribution in [2.75, 3.05) is 31.1 Å². The third-order valence-corrected chi connectivity index (χ3v) is 7.30. The molecule has 0 saturated carbocycles. The highest BCUT2D eigenvalue weighted by atomic mass is 32.2. The number of hydrogen-bond acceptors (Lipinski definition) is 5. The third kappa shape index (κ3) is 4.39. The Morgan fingerprint density at radius 1 is 1.03 bits per heavy atom. The lowest BCUT2D eigenvalue weighted by molar-refractivity contribution is -0.136. The summed E-state index contributed by atoms with van der Waals surface area (Å²) in [5, 5.41) is -0.508. The van der Waals surface area contributed by atoms with Gasteiger partial charge in [-0.1, -0.05) is 24.3 Å². The van der Waals surface area contributed by atoms with Crippen molar-refractivity contribution >= 4 is 40.6 Å². The fourth-order valence-electron chi connectivity index (χ4n) is 4.53. The van der Waals surface area contributed by atoms with Gasteiger partial charge in [0, 0.05) is 37.4 Å². The molecule has 3 aliphatic heterocycles. The van der Waals surface area contributed by atoms with Crippen molar-refractivity contribution in [1.82, 2.24) is 9.80 Å². The second kappa shape index (κ2) is 9.02. The lowest BCUT2D eigenvalue weighted by atomic mass is 10.00. The number of carbonyl (C=O) groups is 3. The van der Waals surface area contributed by atoms with Crippen LogP contribution >= 0.6 is 11.8 Å². The fraction of sp³-hybridized carbons (Fsp3) is 0.320. The zero-order valence-corrected chi connectivity index (χ0v) is 18.9. The summed E-state index contributed by atoms with van der Waals surface area (Å²) < 4.78 is 14.7. The number of anilines is 1. The molecule has 0 unspecified atom stereocenters. The Kier molecular flexibility index (Phi) is 5.93. The first-order valence-corrected chi connectivity index (χ1v) is 12.0. The van der Waals surface area contributed by atoms with Gasteiger partial charge in [0.2, 0.25) is 5.91 Å². The standard InChI is InChI=1S/C25H24FN3O3S/c26-21-14-20(27-10-3-4-11-27)8-7-18(21)13-22-24(31)29(25(32)33-22)16-23(30)28-12-9-17-5-1-2-6-19(17)15-28/h1-2,5-8,13-14H,3-4,9-12,15-16H2. The van der Waals surface area contributed by atoms with Crippen LogP contribution < -0.4 is 4.90 Å². The molecule has 2 aromatic carbocycles. The van der Waals surface area contributed by atoms with Gasteiger partial charge in [-0.15, -0.1) is 0 Å². The number of carbonyl (C=O) groups excluding carboxylic acids is 3. The average Bonchev–Trinajstić information content (AvgIpc) is 3.45. The highest BCUT2D eigenvalue weighted by molar-refractivity contribution is 8.18. The smallest absolute Gasteiger partial charge is 0.294 e. The van der Waals surface area contributed by atoms with E-state index in [9.17, 15) is 18.8 Å². The van der Waals surface area contributed by atoms with Gasteiger partial charge in [-0.3, -0.25) is 19.3 Å². The van der Waals surface area contributed by atoms with Crippen LogP contribution in [0.3, 0.4) is 0 Å². The van der Waals surface area contributed by atoms with E-state index in [1.807, 2.05) is 24.3 Å². The summed E-state index contributed by atoms with van der Waals surface area (Å²) >= 11 is 0.743. The second-order valence-electron chi connectivity index (χ2n) is 8.50. The van der Waals surface area contributed by atoms with Crippen LogP contribution in [0.4, 0.5) is 14.9 Å². The van der Waals surface area contributed by atoms with Crippen LogP contribution in [0.5, 0.6) is 0 Å². The van der Waals surface area contributed by atoms with Crippen molar-refractivity contribution in [2.24, 2.45) is 0 Å². The minimum absolute atomic E-state index is 0.129. The number of rotatable bonds is 4. The molecule has 3 aliphatic rings. The number of nitrogens with zero attached hydrogens (tertiary/aromatic N) is 3. The van der Waals surface area contributed by atoms with Crippen molar-refractivity contribution in [3.8, 4) is 0 Å². The topological polar surface area (TPSA) is 60.9 Å². The van der Waals surface area contributed by atoms with Gasteiger partial charge >= 0.3 is 0 Å². The second-order valence-corrected chi connectivity index (χ2v) is 9.50. The molecule has 0 spiro atoms. The van der Waals surface area contributed by atoms with Crippen LogP contribution in [0.25, 0.3) is 6.08 Å². The van der Waals surface area contributed by atoms with Gasteiger partial charge in [0.25, 0.3) is 11.1 Å². The lowest BCUT2D eigenvalue weighted by Gasteiger charge is -2.29. The summed E-state index contributed by atoms with van der Waals surface area (Å²) in [4.78, 5) is 43.0. The SMILES string of the molecule is O=C(CN1C(=O)SC(=Cc2ccc(N3CCCC3)cc2F)C1=O)N1CCc2ccccc2C1. The molecule has 3 heterocycles. The predicted octanol–water partition coefficient (Wildman–Crippen LogP) is 4.05. The molecule has 33 heavy (non-hydrogen) atoms. The van der Waals surface area contributed by atoms with E-state index in [2.05, 4.69) is 11.0 Å². The van der Waals surface area contributed by atoms with Crippen LogP contribution in [0.2, 0.25) is 0 Å². The molecule has 2 aromatic rings.